The summed E-state index contributed by atoms with van der Waals surface area (Å²) < 4.78 is 16.1. The number of carbonyl (C=O) groups is 1. The number of H-pyrrole nitrogens is 1. The van der Waals surface area contributed by atoms with Crippen molar-refractivity contribution in [3.8, 4) is 11.5 Å². The molecule has 0 spiro atoms. The second-order valence-electron chi connectivity index (χ2n) is 8.75. The number of carbonyl (C=O) groups excluding carboxylic acids is 1. The predicted octanol–water partition coefficient (Wildman–Crippen LogP) is 5.72. The number of aromatic amines is 1. The van der Waals surface area contributed by atoms with Crippen molar-refractivity contribution in [3.63, 3.8) is 0 Å². The van der Waals surface area contributed by atoms with Gasteiger partial charge in [-0.05, 0) is 42.5 Å². The van der Waals surface area contributed by atoms with Crippen molar-refractivity contribution in [3.05, 3.63) is 106 Å². The van der Waals surface area contributed by atoms with E-state index in [1.54, 1.807) is 36.4 Å². The van der Waals surface area contributed by atoms with Crippen molar-refractivity contribution in [2.24, 2.45) is 7.05 Å². The van der Waals surface area contributed by atoms with Gasteiger partial charge in [0, 0.05) is 21.2 Å². The minimum absolute atomic E-state index is 0. The van der Waals surface area contributed by atoms with E-state index in [0.717, 1.165) is 16.6 Å². The van der Waals surface area contributed by atoms with Crippen LogP contribution < -0.4 is 19.4 Å². The van der Waals surface area contributed by atoms with Gasteiger partial charge in [0.1, 0.15) is 38.0 Å². The van der Waals surface area contributed by atoms with Gasteiger partial charge in [0.25, 0.3) is 5.91 Å². The molecule has 0 aliphatic carbocycles. The molecular weight excluding hydrogens is 537 g/mol. The first-order valence-electron chi connectivity index (χ1n) is 12.0. The van der Waals surface area contributed by atoms with E-state index >= 15 is 0 Å². The van der Waals surface area contributed by atoms with Gasteiger partial charge >= 0.3 is 0 Å². The molecule has 5 rings (SSSR count). The van der Waals surface area contributed by atoms with E-state index in [-0.39, 0.29) is 26.5 Å². The van der Waals surface area contributed by atoms with Crippen molar-refractivity contribution >= 4 is 40.1 Å². The normalized spacial score (nSPS) is 10.7. The van der Waals surface area contributed by atoms with Crippen molar-refractivity contribution in [1.82, 2.24) is 19.9 Å². The number of aryl methyl sites for hydroxylation is 1. The highest BCUT2D eigenvalue weighted by molar-refractivity contribution is 6.35. The van der Waals surface area contributed by atoms with Crippen LogP contribution in [0, 0.1) is 0 Å². The summed E-state index contributed by atoms with van der Waals surface area (Å²) >= 11 is 12.4. The van der Waals surface area contributed by atoms with E-state index in [9.17, 15) is 4.79 Å². The van der Waals surface area contributed by atoms with Crippen LogP contribution in [0.1, 0.15) is 29.2 Å². The second kappa shape index (κ2) is 12.7. The third kappa shape index (κ3) is 7.10. The summed E-state index contributed by atoms with van der Waals surface area (Å²) in [4.78, 5) is 20.7. The number of para-hydroxylation sites is 2. The molecule has 5 aromatic rings. The van der Waals surface area contributed by atoms with E-state index in [2.05, 4.69) is 15.3 Å². The standard InChI is InChI=1S/C28H25Cl2N5O3.CH4/c1-34-12-13-35(18-34)11-10-31-28(36)19-7-9-25(38-17-27-32-23-4-2-3-5-24(23)33-27)26(14-19)37-16-20-6-8-21(29)15-22(20)30;/h2-9,12-15,18H,10-11,16-17H2,1H3,(H-,31,32,33,36);1H4/p+1. The van der Waals surface area contributed by atoms with Gasteiger partial charge in [-0.15, -0.1) is 0 Å². The van der Waals surface area contributed by atoms with Gasteiger partial charge in [0.15, 0.2) is 11.5 Å². The Hall–Kier alpha value is -4.01. The van der Waals surface area contributed by atoms with Gasteiger partial charge < -0.3 is 19.8 Å². The molecular formula is C29H30Cl2N5O3+. The number of hydrogen-bond donors (Lipinski definition) is 2. The number of hydrogen-bond acceptors (Lipinski definition) is 4. The van der Waals surface area contributed by atoms with Gasteiger partial charge in [-0.3, -0.25) is 4.79 Å². The Kier molecular flexibility index (Phi) is 9.11. The molecule has 2 aromatic heterocycles. The van der Waals surface area contributed by atoms with Crippen LogP contribution in [0.2, 0.25) is 10.0 Å². The summed E-state index contributed by atoms with van der Waals surface area (Å²) in [7, 11) is 1.95. The van der Waals surface area contributed by atoms with E-state index < -0.39 is 0 Å². The van der Waals surface area contributed by atoms with Crippen LogP contribution in [0.15, 0.2) is 79.4 Å². The Morgan fingerprint density at radius 3 is 2.64 bits per heavy atom. The highest BCUT2D eigenvalue weighted by atomic mass is 35.5. The van der Waals surface area contributed by atoms with Crippen LogP contribution in [0.25, 0.3) is 11.0 Å². The highest BCUT2D eigenvalue weighted by Gasteiger charge is 2.14. The Morgan fingerprint density at radius 1 is 1.05 bits per heavy atom. The third-order valence-corrected chi connectivity index (χ3v) is 6.47. The first kappa shape index (κ1) is 28.0. The monoisotopic (exact) mass is 566 g/mol. The maximum absolute atomic E-state index is 12.9. The molecule has 10 heteroatoms. The summed E-state index contributed by atoms with van der Waals surface area (Å²) in [5.74, 6) is 1.36. The maximum Gasteiger partial charge on any atom is 0.251 e. The van der Waals surface area contributed by atoms with Crippen molar-refractivity contribution < 1.29 is 18.8 Å². The summed E-state index contributed by atoms with van der Waals surface area (Å²) in [5, 5.41) is 3.99. The fourth-order valence-electron chi connectivity index (χ4n) is 3.93. The molecule has 2 N–H and O–H groups in total. The van der Waals surface area contributed by atoms with Crippen molar-refractivity contribution in [2.75, 3.05) is 6.54 Å². The molecule has 3 aromatic carbocycles. The first-order valence-corrected chi connectivity index (χ1v) is 12.8. The topological polar surface area (TPSA) is 85.0 Å². The molecule has 0 saturated heterocycles. The first-order chi connectivity index (χ1) is 18.4. The lowest BCUT2D eigenvalue weighted by Gasteiger charge is -2.14. The summed E-state index contributed by atoms with van der Waals surface area (Å²) in [6.07, 6.45) is 5.85. The highest BCUT2D eigenvalue weighted by Crippen LogP contribution is 2.31. The van der Waals surface area contributed by atoms with E-state index in [4.69, 9.17) is 32.7 Å². The molecule has 0 atom stereocenters. The zero-order valence-electron chi connectivity index (χ0n) is 20.7. The number of ether oxygens (including phenoxy) is 2. The average Bonchev–Trinajstić information content (AvgIpc) is 3.52. The smallest absolute Gasteiger partial charge is 0.251 e. The van der Waals surface area contributed by atoms with Crippen LogP contribution in [-0.2, 0) is 26.8 Å². The average molecular weight is 567 g/mol. The van der Waals surface area contributed by atoms with Crippen LogP contribution in [0.4, 0.5) is 0 Å². The second-order valence-corrected chi connectivity index (χ2v) is 9.59. The maximum atomic E-state index is 12.9. The molecule has 0 radical (unpaired) electrons. The van der Waals surface area contributed by atoms with Gasteiger partial charge in [-0.25, -0.2) is 14.1 Å². The minimum atomic E-state index is -0.209. The Morgan fingerprint density at radius 2 is 1.87 bits per heavy atom. The molecule has 1 amide bonds. The fraction of sp³-hybridized carbons (Fsp3) is 0.207. The number of aromatic nitrogens is 4. The largest absolute Gasteiger partial charge is 0.485 e. The zero-order valence-corrected chi connectivity index (χ0v) is 22.2. The molecule has 202 valence electrons. The molecule has 8 nitrogen and oxygen atoms in total. The number of nitrogens with one attached hydrogen (secondary N) is 2. The number of fused-ring (bicyclic) bond motifs is 1. The van der Waals surface area contributed by atoms with Crippen LogP contribution in [0.5, 0.6) is 11.5 Å². The number of rotatable bonds is 10. The lowest BCUT2D eigenvalue weighted by Crippen LogP contribution is -2.28. The Balaban J connectivity index is 0.00000353. The number of nitrogens with zero attached hydrogens (tertiary/aromatic N) is 3. The third-order valence-electron chi connectivity index (χ3n) is 5.89. The molecule has 0 aliphatic heterocycles. The molecule has 0 saturated carbocycles. The summed E-state index contributed by atoms with van der Waals surface area (Å²) in [6, 6.07) is 18.1. The Bertz CT molecular complexity index is 1550. The van der Waals surface area contributed by atoms with Crippen LogP contribution in [-0.4, -0.2) is 27.0 Å². The molecule has 0 bridgehead atoms. The molecule has 0 aliphatic rings. The van der Waals surface area contributed by atoms with Crippen LogP contribution >= 0.6 is 23.2 Å². The fourth-order valence-corrected chi connectivity index (χ4v) is 4.39. The SMILES string of the molecule is C.C[n+]1ccn(CCNC(=O)c2ccc(OCc3nc4ccccc4[nH]3)c(OCc3ccc(Cl)cc3Cl)c2)c1. The number of amides is 1. The predicted molar refractivity (Wildman–Crippen MR) is 152 cm³/mol. The van der Waals surface area contributed by atoms with E-state index in [1.165, 1.54) is 0 Å². The lowest BCUT2D eigenvalue weighted by atomic mass is 10.2. The number of halogens is 2. The summed E-state index contributed by atoms with van der Waals surface area (Å²) in [5.41, 5.74) is 3.01. The summed E-state index contributed by atoms with van der Waals surface area (Å²) in [6.45, 7) is 1.51. The minimum Gasteiger partial charge on any atom is -0.485 e. The molecule has 0 unspecified atom stereocenters. The van der Waals surface area contributed by atoms with Crippen molar-refractivity contribution in [1.29, 1.82) is 0 Å². The van der Waals surface area contributed by atoms with E-state index in [0.29, 0.717) is 46.0 Å². The van der Waals surface area contributed by atoms with Gasteiger partial charge in [0.05, 0.1) is 24.6 Å². The number of imidazole rings is 2. The molecule has 39 heavy (non-hydrogen) atoms. The zero-order chi connectivity index (χ0) is 26.5. The molecule has 2 heterocycles. The lowest BCUT2D eigenvalue weighted by molar-refractivity contribution is -0.671. The van der Waals surface area contributed by atoms with Gasteiger partial charge in [0.2, 0.25) is 6.33 Å². The van der Waals surface area contributed by atoms with Crippen molar-refractivity contribution in [2.45, 2.75) is 27.2 Å². The van der Waals surface area contributed by atoms with Gasteiger partial charge in [-0.2, -0.15) is 0 Å². The number of benzene rings is 3. The Labute approximate surface area is 237 Å². The molecule has 0 fully saturated rings. The quantitative estimate of drug-likeness (QED) is 0.212. The van der Waals surface area contributed by atoms with E-state index in [1.807, 2.05) is 59.2 Å². The van der Waals surface area contributed by atoms with Gasteiger partial charge in [-0.1, -0.05) is 48.8 Å². The van der Waals surface area contributed by atoms with Crippen LogP contribution in [0.3, 0.4) is 0 Å².